The fourth-order valence-electron chi connectivity index (χ4n) is 4.54. The van der Waals surface area contributed by atoms with Crippen molar-refractivity contribution < 1.29 is 17.9 Å². The van der Waals surface area contributed by atoms with Crippen molar-refractivity contribution in [3.05, 3.63) is 54.2 Å². The molecule has 1 saturated heterocycles. The van der Waals surface area contributed by atoms with Gasteiger partial charge >= 0.3 is 6.18 Å². The molecule has 0 aliphatic carbocycles. The summed E-state index contributed by atoms with van der Waals surface area (Å²) in [4.78, 5) is 4.65. The van der Waals surface area contributed by atoms with Crippen molar-refractivity contribution in [2.45, 2.75) is 31.0 Å². The zero-order chi connectivity index (χ0) is 22.5. The van der Waals surface area contributed by atoms with Gasteiger partial charge in [0, 0.05) is 23.7 Å². The average molecular weight is 442 g/mol. The average Bonchev–Trinajstić information content (AvgIpc) is 3.39. The molecular weight excluding hydrogens is 421 g/mol. The molecule has 2 N–H and O–H groups in total. The highest BCUT2D eigenvalue weighted by Gasteiger charge is 2.49. The van der Waals surface area contributed by atoms with Gasteiger partial charge in [-0.2, -0.15) is 13.2 Å². The molecule has 0 amide bonds. The highest BCUT2D eigenvalue weighted by atomic mass is 19.4. The SMILES string of the molecule is COc1cccc2ccc(-c3nnc4cccc([C@H]([C@@H]5CCCN5N)C(F)(F)F)n34)nc12. The number of aromatic nitrogens is 4. The van der Waals surface area contributed by atoms with Crippen LogP contribution >= 0.6 is 0 Å². The molecule has 2 atom stereocenters. The van der Waals surface area contributed by atoms with E-state index in [0.717, 1.165) is 5.39 Å². The van der Waals surface area contributed by atoms with Gasteiger partial charge in [0.15, 0.2) is 11.5 Å². The van der Waals surface area contributed by atoms with Crippen LogP contribution < -0.4 is 10.6 Å². The predicted octanol–water partition coefficient (Wildman–Crippen LogP) is 3.94. The van der Waals surface area contributed by atoms with Crippen molar-refractivity contribution >= 4 is 16.6 Å². The Labute approximate surface area is 181 Å². The molecule has 4 heterocycles. The van der Waals surface area contributed by atoms with Gasteiger partial charge in [-0.1, -0.05) is 24.3 Å². The molecule has 0 spiro atoms. The Morgan fingerprint density at radius 3 is 2.62 bits per heavy atom. The molecule has 166 valence electrons. The van der Waals surface area contributed by atoms with Crippen molar-refractivity contribution in [2.75, 3.05) is 13.7 Å². The van der Waals surface area contributed by atoms with E-state index >= 15 is 0 Å². The Morgan fingerprint density at radius 2 is 1.91 bits per heavy atom. The molecular formula is C22H21F3N6O. The van der Waals surface area contributed by atoms with Crippen LogP contribution in [0.2, 0.25) is 0 Å². The fourth-order valence-corrected chi connectivity index (χ4v) is 4.54. The lowest BCUT2D eigenvalue weighted by Gasteiger charge is -2.31. The zero-order valence-electron chi connectivity index (χ0n) is 17.3. The summed E-state index contributed by atoms with van der Waals surface area (Å²) in [7, 11) is 1.54. The van der Waals surface area contributed by atoms with Gasteiger partial charge in [-0.3, -0.25) is 10.2 Å². The second-order valence-electron chi connectivity index (χ2n) is 7.86. The van der Waals surface area contributed by atoms with E-state index in [1.807, 2.05) is 18.2 Å². The number of para-hydroxylation sites is 1. The third-order valence-electron chi connectivity index (χ3n) is 5.99. The number of nitrogens with zero attached hydrogens (tertiary/aromatic N) is 5. The normalized spacial score (nSPS) is 18.5. The first-order chi connectivity index (χ1) is 15.4. The van der Waals surface area contributed by atoms with E-state index in [1.54, 1.807) is 31.4 Å². The van der Waals surface area contributed by atoms with Crippen LogP contribution in [0.1, 0.15) is 24.5 Å². The van der Waals surface area contributed by atoms with Crippen molar-refractivity contribution in [2.24, 2.45) is 5.84 Å². The van der Waals surface area contributed by atoms with Crippen LogP contribution in [0.4, 0.5) is 13.2 Å². The lowest BCUT2D eigenvalue weighted by molar-refractivity contribution is -0.164. The number of ether oxygens (including phenoxy) is 1. The third kappa shape index (κ3) is 3.35. The first-order valence-corrected chi connectivity index (χ1v) is 10.2. The van der Waals surface area contributed by atoms with E-state index in [2.05, 4.69) is 15.2 Å². The quantitative estimate of drug-likeness (QED) is 0.482. The van der Waals surface area contributed by atoms with Gasteiger partial charge in [0.1, 0.15) is 22.9 Å². The minimum absolute atomic E-state index is 0.0410. The number of pyridine rings is 2. The summed E-state index contributed by atoms with van der Waals surface area (Å²) < 4.78 is 49.9. The van der Waals surface area contributed by atoms with E-state index in [1.165, 1.54) is 15.5 Å². The third-order valence-corrected chi connectivity index (χ3v) is 5.99. The smallest absolute Gasteiger partial charge is 0.398 e. The highest BCUT2D eigenvalue weighted by molar-refractivity contribution is 5.86. The summed E-state index contributed by atoms with van der Waals surface area (Å²) in [6, 6.07) is 12.9. The van der Waals surface area contributed by atoms with Gasteiger partial charge in [0.05, 0.1) is 7.11 Å². The molecule has 32 heavy (non-hydrogen) atoms. The van der Waals surface area contributed by atoms with Crippen LogP contribution in [-0.2, 0) is 0 Å². The van der Waals surface area contributed by atoms with Crippen molar-refractivity contribution in [3.8, 4) is 17.3 Å². The molecule has 5 rings (SSSR count). The molecule has 3 aromatic heterocycles. The first kappa shape index (κ1) is 20.7. The van der Waals surface area contributed by atoms with Gasteiger partial charge in [0.25, 0.3) is 0 Å². The number of fused-ring (bicyclic) bond motifs is 2. The minimum atomic E-state index is -4.50. The van der Waals surface area contributed by atoms with Crippen LogP contribution in [0.3, 0.4) is 0 Å². The number of methoxy groups -OCH3 is 1. The standard InChI is InChI=1S/C22H21F3N6O/c1-32-17-8-2-5-13-10-11-14(27-20(13)17)21-29-28-18-9-3-6-16(31(18)21)19(22(23,24)25)15-7-4-12-30(15)26/h2-3,5-6,8-11,15,19H,4,7,12,26H2,1H3/t15-,19-/m0/s1. The van der Waals surface area contributed by atoms with Crippen molar-refractivity contribution in [1.82, 2.24) is 24.6 Å². The van der Waals surface area contributed by atoms with Crippen LogP contribution in [-0.4, -0.2) is 50.5 Å². The van der Waals surface area contributed by atoms with Crippen molar-refractivity contribution in [1.29, 1.82) is 0 Å². The molecule has 10 heteroatoms. The van der Waals surface area contributed by atoms with E-state index < -0.39 is 18.1 Å². The molecule has 1 fully saturated rings. The molecule has 0 saturated carbocycles. The fraction of sp³-hybridized carbons (Fsp3) is 0.318. The van der Waals surface area contributed by atoms with Gasteiger partial charge in [-0.05, 0) is 37.1 Å². The Morgan fingerprint density at radius 1 is 1.09 bits per heavy atom. The van der Waals surface area contributed by atoms with E-state index in [4.69, 9.17) is 10.6 Å². The first-order valence-electron chi connectivity index (χ1n) is 10.2. The van der Waals surface area contributed by atoms with Gasteiger partial charge in [-0.15, -0.1) is 10.2 Å². The number of hydrogen-bond donors (Lipinski definition) is 1. The summed E-state index contributed by atoms with van der Waals surface area (Å²) in [5, 5.41) is 10.5. The van der Waals surface area contributed by atoms with Crippen molar-refractivity contribution in [3.63, 3.8) is 0 Å². The van der Waals surface area contributed by atoms with Crippen LogP contribution in [0.25, 0.3) is 28.1 Å². The van der Waals surface area contributed by atoms with Crippen LogP contribution in [0.15, 0.2) is 48.5 Å². The molecule has 1 aliphatic rings. The number of benzene rings is 1. The summed E-state index contributed by atoms with van der Waals surface area (Å²) in [6.45, 7) is 0.425. The zero-order valence-corrected chi connectivity index (χ0v) is 17.3. The maximum Gasteiger partial charge on any atom is 0.398 e. The Bertz CT molecular complexity index is 1290. The lowest BCUT2D eigenvalue weighted by Crippen LogP contribution is -2.45. The Kier molecular flexibility index (Phi) is 4.98. The van der Waals surface area contributed by atoms with E-state index in [0.29, 0.717) is 42.0 Å². The molecule has 4 aromatic rings. The topological polar surface area (TPSA) is 81.6 Å². The molecule has 0 unspecified atom stereocenters. The predicted molar refractivity (Wildman–Crippen MR) is 113 cm³/mol. The molecule has 1 aromatic carbocycles. The number of rotatable bonds is 4. The molecule has 0 radical (unpaired) electrons. The summed E-state index contributed by atoms with van der Waals surface area (Å²) >= 11 is 0. The summed E-state index contributed by atoms with van der Waals surface area (Å²) in [5.74, 6) is 4.96. The molecule has 1 aliphatic heterocycles. The second kappa shape index (κ2) is 7.72. The Hall–Kier alpha value is -3.24. The van der Waals surface area contributed by atoms with Crippen LogP contribution in [0, 0.1) is 0 Å². The molecule has 7 nitrogen and oxygen atoms in total. The number of hydrogen-bond acceptors (Lipinski definition) is 6. The summed E-state index contributed by atoms with van der Waals surface area (Å²) in [6.07, 6.45) is -3.52. The Balaban J connectivity index is 1.73. The minimum Gasteiger partial charge on any atom is -0.494 e. The summed E-state index contributed by atoms with van der Waals surface area (Å²) in [5.41, 5.74) is 1.35. The number of hydrazine groups is 1. The maximum atomic E-state index is 14.3. The van der Waals surface area contributed by atoms with Gasteiger partial charge < -0.3 is 4.74 Å². The van der Waals surface area contributed by atoms with Gasteiger partial charge in [-0.25, -0.2) is 9.99 Å². The van der Waals surface area contributed by atoms with E-state index in [-0.39, 0.29) is 11.5 Å². The molecule has 0 bridgehead atoms. The monoisotopic (exact) mass is 442 g/mol. The van der Waals surface area contributed by atoms with E-state index in [9.17, 15) is 13.2 Å². The highest BCUT2D eigenvalue weighted by Crippen LogP contribution is 2.42. The largest absolute Gasteiger partial charge is 0.494 e. The maximum absolute atomic E-state index is 14.3. The number of alkyl halides is 3. The second-order valence-corrected chi connectivity index (χ2v) is 7.86. The lowest BCUT2D eigenvalue weighted by atomic mass is 9.93. The van der Waals surface area contributed by atoms with Crippen LogP contribution in [0.5, 0.6) is 5.75 Å². The number of halogens is 3. The number of nitrogens with two attached hydrogens (primary N) is 1. The van der Waals surface area contributed by atoms with Gasteiger partial charge in [0.2, 0.25) is 0 Å².